The fourth-order valence-electron chi connectivity index (χ4n) is 1.91. The van der Waals surface area contributed by atoms with Gasteiger partial charge in [0.15, 0.2) is 11.5 Å². The van der Waals surface area contributed by atoms with Crippen molar-refractivity contribution in [1.29, 1.82) is 0 Å². The molecule has 1 heterocycles. The number of hydrogen-bond acceptors (Lipinski definition) is 5. The van der Waals surface area contributed by atoms with Crippen LogP contribution in [0, 0.1) is 0 Å². The minimum absolute atomic E-state index is 0.0897. The summed E-state index contributed by atoms with van der Waals surface area (Å²) in [6, 6.07) is 7.04. The molecule has 0 saturated heterocycles. The van der Waals surface area contributed by atoms with E-state index in [0.29, 0.717) is 27.6 Å². The molecule has 0 bridgehead atoms. The lowest BCUT2D eigenvalue weighted by atomic mass is 10.1. The van der Waals surface area contributed by atoms with E-state index in [9.17, 15) is 4.79 Å². The van der Waals surface area contributed by atoms with Gasteiger partial charge in [0.1, 0.15) is 0 Å². The second-order valence-electron chi connectivity index (χ2n) is 4.24. The van der Waals surface area contributed by atoms with Crippen molar-refractivity contribution >= 4 is 22.8 Å². The number of aryl methyl sites for hydroxylation is 1. The highest BCUT2D eigenvalue weighted by Crippen LogP contribution is 2.33. The maximum absolute atomic E-state index is 12.5. The minimum atomic E-state index is -0.0897. The molecule has 1 aromatic heterocycles. The van der Waals surface area contributed by atoms with Gasteiger partial charge in [0.05, 0.1) is 24.7 Å². The zero-order valence-electron chi connectivity index (χ0n) is 11.7. The molecule has 0 amide bonds. The van der Waals surface area contributed by atoms with Gasteiger partial charge in [-0.25, -0.2) is 0 Å². The molecule has 2 N–H and O–H groups in total. The molecule has 0 aliphatic heterocycles. The van der Waals surface area contributed by atoms with Crippen LogP contribution in [0.4, 0.5) is 5.69 Å². The Hall–Kier alpha value is -2.01. The maximum Gasteiger partial charge on any atom is 0.205 e. The largest absolute Gasteiger partial charge is 0.493 e. The number of nitrogen functional groups attached to an aromatic ring is 1. The van der Waals surface area contributed by atoms with Gasteiger partial charge in [-0.1, -0.05) is 6.92 Å². The maximum atomic E-state index is 12.5. The van der Waals surface area contributed by atoms with Crippen molar-refractivity contribution in [3.8, 4) is 11.5 Å². The van der Waals surface area contributed by atoms with Crippen molar-refractivity contribution in [2.75, 3.05) is 20.0 Å². The van der Waals surface area contributed by atoms with E-state index in [0.717, 1.165) is 6.42 Å². The van der Waals surface area contributed by atoms with Crippen LogP contribution in [0.15, 0.2) is 24.3 Å². The highest BCUT2D eigenvalue weighted by molar-refractivity contribution is 7.14. The van der Waals surface area contributed by atoms with Crippen LogP contribution in [0.5, 0.6) is 11.5 Å². The van der Waals surface area contributed by atoms with Crippen molar-refractivity contribution in [3.63, 3.8) is 0 Å². The first-order valence-electron chi connectivity index (χ1n) is 6.25. The standard InChI is InChI=1S/C15H17NO3S/c1-4-9-5-6-14(20-9)15(17)10-7-12(18-2)13(19-3)8-11(10)16/h5-8H,4,16H2,1-3H3. The monoisotopic (exact) mass is 291 g/mol. The summed E-state index contributed by atoms with van der Waals surface area (Å²) in [5.41, 5.74) is 6.77. The van der Waals surface area contributed by atoms with E-state index in [1.165, 1.54) is 30.4 Å². The Morgan fingerprint density at radius 2 is 1.85 bits per heavy atom. The van der Waals surface area contributed by atoms with E-state index < -0.39 is 0 Å². The third-order valence-electron chi connectivity index (χ3n) is 3.03. The van der Waals surface area contributed by atoms with Gasteiger partial charge in [-0.15, -0.1) is 11.3 Å². The summed E-state index contributed by atoms with van der Waals surface area (Å²) in [7, 11) is 3.06. The first-order valence-corrected chi connectivity index (χ1v) is 7.07. The molecule has 4 nitrogen and oxygen atoms in total. The molecule has 0 unspecified atom stereocenters. The molecule has 0 aliphatic rings. The number of benzene rings is 1. The Labute approximate surface area is 122 Å². The Balaban J connectivity index is 2.43. The Kier molecular flexibility index (Phi) is 4.29. The van der Waals surface area contributed by atoms with Gasteiger partial charge in [0.2, 0.25) is 5.78 Å². The lowest BCUT2D eigenvalue weighted by Crippen LogP contribution is -2.05. The molecule has 1 aromatic carbocycles. The molecule has 0 fully saturated rings. The smallest absolute Gasteiger partial charge is 0.205 e. The van der Waals surface area contributed by atoms with E-state index in [-0.39, 0.29) is 5.78 Å². The van der Waals surface area contributed by atoms with E-state index in [2.05, 4.69) is 6.92 Å². The van der Waals surface area contributed by atoms with Crippen LogP contribution in [-0.4, -0.2) is 20.0 Å². The van der Waals surface area contributed by atoms with Crippen LogP contribution in [0.1, 0.15) is 27.0 Å². The summed E-state index contributed by atoms with van der Waals surface area (Å²) >= 11 is 1.49. The zero-order chi connectivity index (χ0) is 14.7. The quantitative estimate of drug-likeness (QED) is 0.679. The SMILES string of the molecule is CCc1ccc(C(=O)c2cc(OC)c(OC)cc2N)s1. The number of anilines is 1. The second kappa shape index (κ2) is 5.96. The van der Waals surface area contributed by atoms with E-state index >= 15 is 0 Å². The van der Waals surface area contributed by atoms with Crippen LogP contribution in [-0.2, 0) is 6.42 Å². The van der Waals surface area contributed by atoms with Crippen molar-refractivity contribution in [2.45, 2.75) is 13.3 Å². The molecule has 0 spiro atoms. The molecule has 0 saturated carbocycles. The van der Waals surface area contributed by atoms with Crippen LogP contribution in [0.25, 0.3) is 0 Å². The minimum Gasteiger partial charge on any atom is -0.493 e. The number of ketones is 1. The molecule has 0 radical (unpaired) electrons. The van der Waals surface area contributed by atoms with Gasteiger partial charge in [-0.3, -0.25) is 4.79 Å². The molecule has 2 aromatic rings. The number of nitrogens with two attached hydrogens (primary N) is 1. The number of carbonyl (C=O) groups is 1. The molecule has 106 valence electrons. The highest BCUT2D eigenvalue weighted by atomic mass is 32.1. The number of ether oxygens (including phenoxy) is 2. The fourth-order valence-corrected chi connectivity index (χ4v) is 2.82. The molecule has 20 heavy (non-hydrogen) atoms. The predicted octanol–water partition coefficient (Wildman–Crippen LogP) is 3.14. The Morgan fingerprint density at radius 1 is 1.20 bits per heavy atom. The third-order valence-corrected chi connectivity index (χ3v) is 4.26. The summed E-state index contributed by atoms with van der Waals surface area (Å²) in [5, 5.41) is 0. The van der Waals surface area contributed by atoms with Crippen molar-refractivity contribution in [1.82, 2.24) is 0 Å². The first-order chi connectivity index (χ1) is 9.60. The second-order valence-corrected chi connectivity index (χ2v) is 5.41. The van der Waals surface area contributed by atoms with E-state index in [1.807, 2.05) is 12.1 Å². The predicted molar refractivity (Wildman–Crippen MR) is 81.1 cm³/mol. The Morgan fingerprint density at radius 3 is 2.40 bits per heavy atom. The summed E-state index contributed by atoms with van der Waals surface area (Å²) in [4.78, 5) is 14.4. The molecule has 0 aliphatic carbocycles. The molecular formula is C15H17NO3S. The van der Waals surface area contributed by atoms with Crippen LogP contribution >= 0.6 is 11.3 Å². The summed E-state index contributed by atoms with van der Waals surface area (Å²) in [5.74, 6) is 0.924. The van der Waals surface area contributed by atoms with Crippen LogP contribution in [0.3, 0.4) is 0 Å². The first kappa shape index (κ1) is 14.4. The van der Waals surface area contributed by atoms with Gasteiger partial charge in [0, 0.05) is 16.6 Å². The lowest BCUT2D eigenvalue weighted by molar-refractivity contribution is 0.104. The van der Waals surface area contributed by atoms with Crippen molar-refractivity contribution in [3.05, 3.63) is 39.6 Å². The lowest BCUT2D eigenvalue weighted by Gasteiger charge is -2.11. The van der Waals surface area contributed by atoms with Gasteiger partial charge < -0.3 is 15.2 Å². The summed E-state index contributed by atoms with van der Waals surface area (Å²) in [6.45, 7) is 2.06. The topological polar surface area (TPSA) is 61.5 Å². The summed E-state index contributed by atoms with van der Waals surface area (Å²) in [6.07, 6.45) is 0.916. The van der Waals surface area contributed by atoms with Crippen LogP contribution < -0.4 is 15.2 Å². The molecule has 0 atom stereocenters. The normalized spacial score (nSPS) is 10.3. The highest BCUT2D eigenvalue weighted by Gasteiger charge is 2.18. The van der Waals surface area contributed by atoms with Crippen molar-refractivity contribution in [2.24, 2.45) is 0 Å². The van der Waals surface area contributed by atoms with E-state index in [4.69, 9.17) is 15.2 Å². The molecule has 2 rings (SSSR count). The Bertz CT molecular complexity index is 634. The number of hydrogen-bond donors (Lipinski definition) is 1. The summed E-state index contributed by atoms with van der Waals surface area (Å²) < 4.78 is 10.4. The van der Waals surface area contributed by atoms with Gasteiger partial charge in [0.25, 0.3) is 0 Å². The molecular weight excluding hydrogens is 274 g/mol. The van der Waals surface area contributed by atoms with E-state index in [1.54, 1.807) is 12.1 Å². The number of rotatable bonds is 5. The number of carbonyl (C=O) groups excluding carboxylic acids is 1. The van der Waals surface area contributed by atoms with Crippen molar-refractivity contribution < 1.29 is 14.3 Å². The van der Waals surface area contributed by atoms with Gasteiger partial charge >= 0.3 is 0 Å². The number of methoxy groups -OCH3 is 2. The number of thiophene rings is 1. The average molecular weight is 291 g/mol. The molecule has 5 heteroatoms. The zero-order valence-corrected chi connectivity index (χ0v) is 12.5. The van der Waals surface area contributed by atoms with Gasteiger partial charge in [-0.05, 0) is 24.6 Å². The fraction of sp³-hybridized carbons (Fsp3) is 0.267. The average Bonchev–Trinajstić information content (AvgIpc) is 2.95. The van der Waals surface area contributed by atoms with Crippen LogP contribution in [0.2, 0.25) is 0 Å². The van der Waals surface area contributed by atoms with Gasteiger partial charge in [-0.2, -0.15) is 0 Å². The third kappa shape index (κ3) is 2.63.